The molecule has 0 radical (unpaired) electrons. The Morgan fingerprint density at radius 3 is 2.54 bits per heavy atom. The molecule has 26 heavy (non-hydrogen) atoms. The minimum atomic E-state index is -3.91. The Morgan fingerprint density at radius 2 is 1.88 bits per heavy atom. The lowest BCUT2D eigenvalue weighted by molar-refractivity contribution is -0.116. The number of rotatable bonds is 3. The molecule has 0 aliphatic carbocycles. The highest BCUT2D eigenvalue weighted by Gasteiger charge is 2.26. The summed E-state index contributed by atoms with van der Waals surface area (Å²) in [5.41, 5.74) is 3.15. The van der Waals surface area contributed by atoms with Crippen LogP contribution in [0.4, 0.5) is 11.4 Å². The topological polar surface area (TPSA) is 66.5 Å². The molecule has 5 nitrogen and oxygen atoms in total. The first-order valence-corrected chi connectivity index (χ1v) is 10.2. The lowest BCUT2D eigenvalue weighted by atomic mass is 10.1. The number of hydrogen-bond donors (Lipinski definition) is 1. The largest absolute Gasteiger partial charge is 0.312 e. The van der Waals surface area contributed by atoms with Gasteiger partial charge in [-0.25, -0.2) is 8.42 Å². The van der Waals surface area contributed by atoms with Gasteiger partial charge in [-0.05, 0) is 61.2 Å². The number of aryl methyl sites for hydroxylation is 1. The molecule has 1 amide bonds. The van der Waals surface area contributed by atoms with Crippen LogP contribution in [0.5, 0.6) is 0 Å². The minimum absolute atomic E-state index is 0.0185. The normalized spacial score (nSPS) is 13.7. The number of nitrogens with zero attached hydrogens (tertiary/aromatic N) is 1. The van der Waals surface area contributed by atoms with E-state index < -0.39 is 10.0 Å². The van der Waals surface area contributed by atoms with Crippen LogP contribution in [0.25, 0.3) is 0 Å². The number of benzene rings is 2. The summed E-state index contributed by atoms with van der Waals surface area (Å²) in [5.74, 6) is -0.0334. The van der Waals surface area contributed by atoms with Gasteiger partial charge in [-0.1, -0.05) is 23.2 Å². The summed E-state index contributed by atoms with van der Waals surface area (Å²) in [4.78, 5) is 13.3. The number of carbonyl (C=O) groups is 1. The average molecular weight is 413 g/mol. The number of amides is 1. The summed E-state index contributed by atoms with van der Waals surface area (Å²) in [5, 5.41) is 0.502. The molecule has 2 aromatic carbocycles. The Labute approximate surface area is 163 Å². The predicted octanol–water partition coefficient (Wildman–Crippen LogP) is 4.32. The van der Waals surface area contributed by atoms with Gasteiger partial charge in [0.1, 0.15) is 4.90 Å². The second kappa shape index (κ2) is 6.76. The highest BCUT2D eigenvalue weighted by Crippen LogP contribution is 2.35. The van der Waals surface area contributed by atoms with Crippen molar-refractivity contribution in [3.8, 4) is 0 Å². The standard InChI is InChI=1S/C18H18Cl2N2O3S/c1-10-8-15(19)11(2)18(17(10)20)26(24,25)21-14-4-5-16-13(9-14)6-7-22(16)12(3)23/h4-5,8-9,21H,6-7H2,1-3H3. The monoisotopic (exact) mass is 412 g/mol. The Morgan fingerprint density at radius 1 is 1.19 bits per heavy atom. The summed E-state index contributed by atoms with van der Waals surface area (Å²) < 4.78 is 28.4. The molecule has 1 aliphatic rings. The van der Waals surface area contributed by atoms with Gasteiger partial charge in [0.2, 0.25) is 5.91 Å². The molecule has 2 aromatic rings. The maximum atomic E-state index is 12.9. The second-order valence-corrected chi connectivity index (χ2v) is 8.72. The Kier molecular flexibility index (Phi) is 4.94. The van der Waals surface area contributed by atoms with Crippen LogP contribution in [0.2, 0.25) is 10.0 Å². The van der Waals surface area contributed by atoms with Crippen molar-refractivity contribution >= 4 is 50.5 Å². The SMILES string of the molecule is CC(=O)N1CCc2cc(NS(=O)(=O)c3c(C)c(Cl)cc(C)c3Cl)ccc21. The summed E-state index contributed by atoms with van der Waals surface area (Å²) in [7, 11) is -3.91. The van der Waals surface area contributed by atoms with E-state index in [0.717, 1.165) is 11.3 Å². The van der Waals surface area contributed by atoms with Gasteiger partial charge in [-0.2, -0.15) is 0 Å². The summed E-state index contributed by atoms with van der Waals surface area (Å²) in [6.45, 7) is 5.44. The third kappa shape index (κ3) is 3.29. The van der Waals surface area contributed by atoms with Crippen LogP contribution in [-0.4, -0.2) is 20.9 Å². The van der Waals surface area contributed by atoms with Crippen molar-refractivity contribution in [1.29, 1.82) is 0 Å². The Hall–Kier alpha value is -1.76. The van der Waals surface area contributed by atoms with Crippen molar-refractivity contribution in [2.75, 3.05) is 16.2 Å². The Balaban J connectivity index is 1.99. The van der Waals surface area contributed by atoms with Gasteiger partial charge in [0, 0.05) is 29.9 Å². The smallest absolute Gasteiger partial charge is 0.263 e. The molecule has 0 atom stereocenters. The Bertz CT molecular complexity index is 993. The number of anilines is 2. The van der Waals surface area contributed by atoms with Crippen LogP contribution < -0.4 is 9.62 Å². The van der Waals surface area contributed by atoms with E-state index in [1.807, 2.05) is 0 Å². The molecule has 0 bridgehead atoms. The van der Waals surface area contributed by atoms with Crippen LogP contribution in [0.15, 0.2) is 29.2 Å². The molecule has 3 rings (SSSR count). The van der Waals surface area contributed by atoms with Gasteiger partial charge in [0.25, 0.3) is 10.0 Å². The number of carbonyl (C=O) groups excluding carboxylic acids is 1. The van der Waals surface area contributed by atoms with Crippen molar-refractivity contribution in [2.45, 2.75) is 32.1 Å². The zero-order chi connectivity index (χ0) is 19.2. The second-order valence-electron chi connectivity index (χ2n) is 6.31. The highest BCUT2D eigenvalue weighted by molar-refractivity contribution is 7.93. The van der Waals surface area contributed by atoms with Crippen molar-refractivity contribution in [1.82, 2.24) is 0 Å². The molecule has 1 heterocycles. The molecule has 0 unspecified atom stereocenters. The molecule has 0 saturated carbocycles. The third-order valence-electron chi connectivity index (χ3n) is 4.46. The first kappa shape index (κ1) is 19.0. The molecule has 0 saturated heterocycles. The van der Waals surface area contributed by atoms with E-state index in [2.05, 4.69) is 4.72 Å². The van der Waals surface area contributed by atoms with Crippen molar-refractivity contribution in [2.24, 2.45) is 0 Å². The summed E-state index contributed by atoms with van der Waals surface area (Å²) >= 11 is 12.4. The molecular formula is C18H18Cl2N2O3S. The molecule has 1 N–H and O–H groups in total. The van der Waals surface area contributed by atoms with Gasteiger partial charge in [-0.15, -0.1) is 0 Å². The summed E-state index contributed by atoms with van der Waals surface area (Å²) in [6, 6.07) is 6.78. The number of nitrogens with one attached hydrogen (secondary N) is 1. The number of sulfonamides is 1. The van der Waals surface area contributed by atoms with Gasteiger partial charge in [-0.3, -0.25) is 9.52 Å². The maximum absolute atomic E-state index is 12.9. The molecule has 138 valence electrons. The lowest BCUT2D eigenvalue weighted by Crippen LogP contribution is -2.25. The van der Waals surface area contributed by atoms with Crippen molar-refractivity contribution < 1.29 is 13.2 Å². The zero-order valence-electron chi connectivity index (χ0n) is 14.6. The fraction of sp³-hybridized carbons (Fsp3) is 0.278. The molecule has 8 heteroatoms. The fourth-order valence-electron chi connectivity index (χ4n) is 3.13. The van der Waals surface area contributed by atoms with E-state index in [-0.39, 0.29) is 15.8 Å². The average Bonchev–Trinajstić information content (AvgIpc) is 2.96. The van der Waals surface area contributed by atoms with E-state index in [1.54, 1.807) is 43.0 Å². The zero-order valence-corrected chi connectivity index (χ0v) is 16.9. The molecule has 0 fully saturated rings. The van der Waals surface area contributed by atoms with E-state index in [1.165, 1.54) is 6.92 Å². The summed E-state index contributed by atoms with van der Waals surface area (Å²) in [6.07, 6.45) is 0.681. The van der Waals surface area contributed by atoms with Gasteiger partial charge in [0.15, 0.2) is 0 Å². The molecular weight excluding hydrogens is 395 g/mol. The van der Waals surface area contributed by atoms with E-state index in [0.29, 0.717) is 34.8 Å². The predicted molar refractivity (Wildman–Crippen MR) is 105 cm³/mol. The highest BCUT2D eigenvalue weighted by atomic mass is 35.5. The van der Waals surface area contributed by atoms with Crippen LogP contribution in [-0.2, 0) is 21.2 Å². The van der Waals surface area contributed by atoms with Crippen LogP contribution >= 0.6 is 23.2 Å². The van der Waals surface area contributed by atoms with Crippen LogP contribution in [0.3, 0.4) is 0 Å². The molecule has 0 aromatic heterocycles. The van der Waals surface area contributed by atoms with Crippen LogP contribution in [0, 0.1) is 13.8 Å². The number of fused-ring (bicyclic) bond motifs is 1. The van der Waals surface area contributed by atoms with Gasteiger partial charge >= 0.3 is 0 Å². The van der Waals surface area contributed by atoms with E-state index in [4.69, 9.17) is 23.2 Å². The van der Waals surface area contributed by atoms with E-state index in [9.17, 15) is 13.2 Å². The molecule has 0 spiro atoms. The van der Waals surface area contributed by atoms with Crippen LogP contribution in [0.1, 0.15) is 23.6 Å². The third-order valence-corrected chi connectivity index (χ3v) is 7.01. The first-order valence-electron chi connectivity index (χ1n) is 8.01. The van der Waals surface area contributed by atoms with Crippen molar-refractivity contribution in [3.05, 3.63) is 51.0 Å². The molecule has 1 aliphatic heterocycles. The number of halogens is 2. The van der Waals surface area contributed by atoms with Crippen molar-refractivity contribution in [3.63, 3.8) is 0 Å². The van der Waals surface area contributed by atoms with E-state index >= 15 is 0 Å². The van der Waals surface area contributed by atoms with Gasteiger partial charge in [0.05, 0.1) is 5.02 Å². The minimum Gasteiger partial charge on any atom is -0.312 e. The number of hydrogen-bond acceptors (Lipinski definition) is 3. The maximum Gasteiger partial charge on any atom is 0.263 e. The first-order chi connectivity index (χ1) is 12.1. The lowest BCUT2D eigenvalue weighted by Gasteiger charge is -2.17. The quantitative estimate of drug-likeness (QED) is 0.815. The fourth-order valence-corrected chi connectivity index (χ4v) is 5.40. The van der Waals surface area contributed by atoms with Gasteiger partial charge < -0.3 is 4.90 Å².